The summed E-state index contributed by atoms with van der Waals surface area (Å²) in [5.74, 6) is -0.574. The summed E-state index contributed by atoms with van der Waals surface area (Å²) in [7, 11) is 0. The van der Waals surface area contributed by atoms with Crippen LogP contribution in [0.15, 0.2) is 48.7 Å². The number of fused-ring (bicyclic) bond motifs is 1. The number of aromatic nitrogens is 1. The second-order valence-corrected chi connectivity index (χ2v) is 4.06. The average Bonchev–Trinajstić information content (AvgIpc) is 2.71. The van der Waals surface area contributed by atoms with E-state index in [-0.39, 0.29) is 5.56 Å². The summed E-state index contributed by atoms with van der Waals surface area (Å²) in [6, 6.07) is 10.6. The molecule has 0 bridgehead atoms. The number of rotatable bonds is 1. The maximum atomic E-state index is 13.7. The molecule has 2 nitrogen and oxygen atoms in total. The number of benzene rings is 1. The molecule has 1 aromatic carbocycles. The molecular formula is C14H10F2N2. The molecule has 2 N–H and O–H groups in total. The normalized spacial score (nSPS) is 11.0. The Balaban J connectivity index is 2.31. The summed E-state index contributed by atoms with van der Waals surface area (Å²) in [5.41, 5.74) is 7.48. The number of pyridine rings is 1. The first-order chi connectivity index (χ1) is 8.66. The number of nitrogen functional groups attached to an aromatic ring is 1. The molecule has 0 spiro atoms. The molecule has 0 aliphatic rings. The summed E-state index contributed by atoms with van der Waals surface area (Å²) in [6.07, 6.45) is 1.78. The molecule has 0 saturated carbocycles. The van der Waals surface area contributed by atoms with Gasteiger partial charge in [0.1, 0.15) is 17.5 Å². The van der Waals surface area contributed by atoms with Crippen molar-refractivity contribution in [3.63, 3.8) is 0 Å². The molecule has 0 unspecified atom stereocenters. The van der Waals surface area contributed by atoms with E-state index in [4.69, 9.17) is 5.73 Å². The first-order valence-corrected chi connectivity index (χ1v) is 5.48. The minimum atomic E-state index is -0.487. The summed E-state index contributed by atoms with van der Waals surface area (Å²) in [4.78, 5) is 0. The van der Waals surface area contributed by atoms with Crippen LogP contribution in [0.2, 0.25) is 0 Å². The molecule has 2 aromatic heterocycles. The summed E-state index contributed by atoms with van der Waals surface area (Å²) >= 11 is 0. The van der Waals surface area contributed by atoms with Gasteiger partial charge in [0.05, 0.1) is 0 Å². The van der Waals surface area contributed by atoms with Crippen LogP contribution in [-0.2, 0) is 0 Å². The fourth-order valence-corrected chi connectivity index (χ4v) is 2.06. The summed E-state index contributed by atoms with van der Waals surface area (Å²) < 4.78 is 28.7. The number of hydrogen-bond acceptors (Lipinski definition) is 1. The maximum Gasteiger partial charge on any atom is 0.131 e. The van der Waals surface area contributed by atoms with Crippen LogP contribution in [0.1, 0.15) is 0 Å². The van der Waals surface area contributed by atoms with E-state index in [1.54, 1.807) is 16.7 Å². The largest absolute Gasteiger partial charge is 0.384 e. The highest BCUT2D eigenvalue weighted by Gasteiger charge is 2.13. The monoisotopic (exact) mass is 244 g/mol. The zero-order valence-corrected chi connectivity index (χ0v) is 9.40. The third-order valence-electron chi connectivity index (χ3n) is 2.94. The number of nitrogens with two attached hydrogens (primary N) is 1. The van der Waals surface area contributed by atoms with E-state index in [1.165, 1.54) is 0 Å². The van der Waals surface area contributed by atoms with Crippen LogP contribution in [0.5, 0.6) is 0 Å². The van der Waals surface area contributed by atoms with Gasteiger partial charge in [-0.05, 0) is 36.4 Å². The Bertz CT molecular complexity index is 732. The van der Waals surface area contributed by atoms with Crippen LogP contribution >= 0.6 is 0 Å². The lowest BCUT2D eigenvalue weighted by atomic mass is 10.1. The molecule has 0 fully saturated rings. The van der Waals surface area contributed by atoms with Gasteiger partial charge in [-0.25, -0.2) is 8.78 Å². The van der Waals surface area contributed by atoms with Crippen LogP contribution in [0.25, 0.3) is 16.6 Å². The fraction of sp³-hybridized carbons (Fsp3) is 0. The van der Waals surface area contributed by atoms with Crippen molar-refractivity contribution in [3.8, 4) is 11.1 Å². The molecule has 3 rings (SSSR count). The van der Waals surface area contributed by atoms with E-state index in [9.17, 15) is 8.78 Å². The standard InChI is InChI=1S/C14H10F2N2/c15-9-4-5-13(16)11(7-9)12-8-10-3-1-2-6-18(10)14(12)17/h1-8H,17H2. The molecule has 0 aliphatic heterocycles. The number of halogens is 2. The Labute approximate surface area is 102 Å². The van der Waals surface area contributed by atoms with E-state index < -0.39 is 11.6 Å². The number of hydrogen-bond donors (Lipinski definition) is 1. The van der Waals surface area contributed by atoms with Crippen molar-refractivity contribution in [2.75, 3.05) is 5.73 Å². The Hall–Kier alpha value is -2.36. The fourth-order valence-electron chi connectivity index (χ4n) is 2.06. The lowest BCUT2D eigenvalue weighted by molar-refractivity contribution is 0.603. The highest BCUT2D eigenvalue weighted by atomic mass is 19.1. The van der Waals surface area contributed by atoms with Crippen LogP contribution < -0.4 is 5.73 Å². The van der Waals surface area contributed by atoms with Gasteiger partial charge >= 0.3 is 0 Å². The minimum absolute atomic E-state index is 0.177. The van der Waals surface area contributed by atoms with E-state index >= 15 is 0 Å². The van der Waals surface area contributed by atoms with Crippen molar-refractivity contribution in [2.45, 2.75) is 0 Å². The first-order valence-electron chi connectivity index (χ1n) is 5.48. The number of anilines is 1. The summed E-state index contributed by atoms with van der Waals surface area (Å²) in [5, 5.41) is 0. The van der Waals surface area contributed by atoms with Gasteiger partial charge in [0.15, 0.2) is 0 Å². The predicted molar refractivity (Wildman–Crippen MR) is 67.2 cm³/mol. The Morgan fingerprint density at radius 3 is 2.56 bits per heavy atom. The summed E-state index contributed by atoms with van der Waals surface area (Å²) in [6.45, 7) is 0. The molecule has 18 heavy (non-hydrogen) atoms. The van der Waals surface area contributed by atoms with E-state index in [2.05, 4.69) is 0 Å². The second kappa shape index (κ2) is 3.84. The van der Waals surface area contributed by atoms with Crippen LogP contribution in [0, 0.1) is 11.6 Å². The maximum absolute atomic E-state index is 13.7. The molecule has 90 valence electrons. The van der Waals surface area contributed by atoms with Gasteiger partial charge in [-0.15, -0.1) is 0 Å². The van der Waals surface area contributed by atoms with Crippen molar-refractivity contribution >= 4 is 11.3 Å². The molecule has 0 amide bonds. The Kier molecular flexibility index (Phi) is 2.30. The first kappa shape index (κ1) is 10.8. The highest BCUT2D eigenvalue weighted by Crippen LogP contribution is 2.31. The topological polar surface area (TPSA) is 30.4 Å². The van der Waals surface area contributed by atoms with Gasteiger partial charge in [0, 0.05) is 22.8 Å². The Morgan fingerprint density at radius 1 is 0.944 bits per heavy atom. The van der Waals surface area contributed by atoms with E-state index in [0.717, 1.165) is 23.7 Å². The molecule has 0 radical (unpaired) electrons. The molecule has 0 aliphatic carbocycles. The van der Waals surface area contributed by atoms with Crippen molar-refractivity contribution in [1.82, 2.24) is 4.40 Å². The van der Waals surface area contributed by atoms with Crippen molar-refractivity contribution < 1.29 is 8.78 Å². The van der Waals surface area contributed by atoms with Gasteiger partial charge in [-0.2, -0.15) is 0 Å². The van der Waals surface area contributed by atoms with Crippen LogP contribution in [-0.4, -0.2) is 4.40 Å². The Morgan fingerprint density at radius 2 is 1.78 bits per heavy atom. The van der Waals surface area contributed by atoms with Gasteiger partial charge < -0.3 is 10.1 Å². The van der Waals surface area contributed by atoms with Gasteiger partial charge in [-0.3, -0.25) is 0 Å². The van der Waals surface area contributed by atoms with Crippen molar-refractivity contribution in [2.24, 2.45) is 0 Å². The van der Waals surface area contributed by atoms with Crippen molar-refractivity contribution in [1.29, 1.82) is 0 Å². The van der Waals surface area contributed by atoms with Gasteiger partial charge in [0.25, 0.3) is 0 Å². The van der Waals surface area contributed by atoms with Gasteiger partial charge in [0.2, 0.25) is 0 Å². The van der Waals surface area contributed by atoms with Crippen molar-refractivity contribution in [3.05, 3.63) is 60.3 Å². The highest BCUT2D eigenvalue weighted by molar-refractivity contribution is 5.81. The lowest BCUT2D eigenvalue weighted by Crippen LogP contribution is -1.94. The quantitative estimate of drug-likeness (QED) is 0.698. The SMILES string of the molecule is Nc1c(-c2cc(F)ccc2F)cc2ccccn12. The zero-order valence-electron chi connectivity index (χ0n) is 9.40. The predicted octanol–water partition coefficient (Wildman–Crippen LogP) is 3.47. The minimum Gasteiger partial charge on any atom is -0.384 e. The molecule has 3 aromatic rings. The average molecular weight is 244 g/mol. The molecule has 0 atom stereocenters. The van der Waals surface area contributed by atoms with Crippen LogP contribution in [0.3, 0.4) is 0 Å². The number of nitrogens with zero attached hydrogens (tertiary/aromatic N) is 1. The smallest absolute Gasteiger partial charge is 0.131 e. The zero-order chi connectivity index (χ0) is 12.7. The van der Waals surface area contributed by atoms with Gasteiger partial charge in [-0.1, -0.05) is 6.07 Å². The molecular weight excluding hydrogens is 234 g/mol. The molecule has 4 heteroatoms. The second-order valence-electron chi connectivity index (χ2n) is 4.06. The molecule has 2 heterocycles. The third-order valence-corrected chi connectivity index (χ3v) is 2.94. The van der Waals surface area contributed by atoms with E-state index in [0.29, 0.717) is 11.4 Å². The van der Waals surface area contributed by atoms with E-state index in [1.807, 2.05) is 18.2 Å². The molecule has 0 saturated heterocycles. The van der Waals surface area contributed by atoms with Crippen LogP contribution in [0.4, 0.5) is 14.6 Å². The lowest BCUT2D eigenvalue weighted by Gasteiger charge is -2.03. The third kappa shape index (κ3) is 1.54.